The van der Waals surface area contributed by atoms with Gasteiger partial charge in [-0.05, 0) is 31.2 Å². The highest BCUT2D eigenvalue weighted by atomic mass is 19.1. The highest BCUT2D eigenvalue weighted by molar-refractivity contribution is 5.87. The van der Waals surface area contributed by atoms with Crippen molar-refractivity contribution in [3.8, 4) is 0 Å². The number of anilines is 1. The van der Waals surface area contributed by atoms with Crippen LogP contribution in [0.25, 0.3) is 6.08 Å². The van der Waals surface area contributed by atoms with Crippen molar-refractivity contribution in [3.63, 3.8) is 0 Å². The first kappa shape index (κ1) is 13.5. The third kappa shape index (κ3) is 3.32. The van der Waals surface area contributed by atoms with Gasteiger partial charge in [0.2, 0.25) is 0 Å². The Bertz CT molecular complexity index is 501. The Balaban J connectivity index is 2.35. The molecule has 1 saturated heterocycles. The Morgan fingerprint density at radius 1 is 1.58 bits per heavy atom. The number of carboxylic acids is 1. The predicted octanol–water partition coefficient (Wildman–Crippen LogP) is 2.15. The summed E-state index contributed by atoms with van der Waals surface area (Å²) in [6, 6.07) is 4.59. The van der Waals surface area contributed by atoms with Gasteiger partial charge < -0.3 is 14.7 Å². The van der Waals surface area contributed by atoms with Crippen LogP contribution in [-0.4, -0.2) is 36.9 Å². The SMILES string of the molecule is CC1COCCN1c1ccc(F)cc1/C=C/C(=O)O. The zero-order valence-corrected chi connectivity index (χ0v) is 10.7. The number of carboxylic acid groups (broad SMARTS) is 1. The van der Waals surface area contributed by atoms with E-state index >= 15 is 0 Å². The minimum atomic E-state index is -1.05. The lowest BCUT2D eigenvalue weighted by Gasteiger charge is -2.36. The Morgan fingerprint density at radius 3 is 3.05 bits per heavy atom. The van der Waals surface area contributed by atoms with E-state index in [1.54, 1.807) is 6.07 Å². The summed E-state index contributed by atoms with van der Waals surface area (Å²) in [4.78, 5) is 12.7. The van der Waals surface area contributed by atoms with Gasteiger partial charge in [-0.1, -0.05) is 0 Å². The number of halogens is 1. The first-order valence-electron chi connectivity index (χ1n) is 6.13. The summed E-state index contributed by atoms with van der Waals surface area (Å²) < 4.78 is 18.7. The van der Waals surface area contributed by atoms with Crippen LogP contribution in [0.4, 0.5) is 10.1 Å². The normalized spacial score (nSPS) is 19.9. The van der Waals surface area contributed by atoms with E-state index in [2.05, 4.69) is 4.90 Å². The molecule has 2 rings (SSSR count). The van der Waals surface area contributed by atoms with E-state index in [0.717, 1.165) is 11.8 Å². The van der Waals surface area contributed by atoms with E-state index in [1.165, 1.54) is 18.2 Å². The predicted molar refractivity (Wildman–Crippen MR) is 70.7 cm³/mol. The highest BCUT2D eigenvalue weighted by Crippen LogP contribution is 2.26. The molecular weight excluding hydrogens is 249 g/mol. The van der Waals surface area contributed by atoms with E-state index < -0.39 is 5.97 Å². The Labute approximate surface area is 111 Å². The maximum absolute atomic E-state index is 13.3. The number of rotatable bonds is 3. The number of ether oxygens (including phenoxy) is 1. The summed E-state index contributed by atoms with van der Waals surface area (Å²) >= 11 is 0. The van der Waals surface area contributed by atoms with Gasteiger partial charge in [0.1, 0.15) is 5.82 Å². The molecule has 4 nitrogen and oxygen atoms in total. The summed E-state index contributed by atoms with van der Waals surface area (Å²) in [5, 5.41) is 8.68. The average molecular weight is 265 g/mol. The quantitative estimate of drug-likeness (QED) is 0.851. The summed E-state index contributed by atoms with van der Waals surface area (Å²) in [6.07, 6.45) is 2.44. The Hall–Kier alpha value is -1.88. The second-order valence-corrected chi connectivity index (χ2v) is 4.49. The van der Waals surface area contributed by atoms with Crippen LogP contribution >= 0.6 is 0 Å². The third-order valence-corrected chi connectivity index (χ3v) is 3.07. The molecule has 1 aromatic rings. The molecule has 0 aliphatic carbocycles. The third-order valence-electron chi connectivity index (χ3n) is 3.07. The molecule has 19 heavy (non-hydrogen) atoms. The van der Waals surface area contributed by atoms with Crippen molar-refractivity contribution < 1.29 is 19.0 Å². The van der Waals surface area contributed by atoms with E-state index in [0.29, 0.717) is 25.3 Å². The molecule has 102 valence electrons. The lowest BCUT2D eigenvalue weighted by Crippen LogP contribution is -2.44. The van der Waals surface area contributed by atoms with E-state index in [9.17, 15) is 9.18 Å². The molecule has 1 aliphatic rings. The average Bonchev–Trinajstić information content (AvgIpc) is 2.37. The fraction of sp³-hybridized carbons (Fsp3) is 0.357. The van der Waals surface area contributed by atoms with Crippen LogP contribution < -0.4 is 4.90 Å². The molecule has 0 radical (unpaired) electrons. The maximum atomic E-state index is 13.3. The van der Waals surface area contributed by atoms with Crippen LogP contribution in [0.1, 0.15) is 12.5 Å². The van der Waals surface area contributed by atoms with Crippen molar-refractivity contribution in [2.75, 3.05) is 24.7 Å². The molecule has 1 aliphatic heterocycles. The second kappa shape index (κ2) is 5.84. The minimum Gasteiger partial charge on any atom is -0.478 e. The van der Waals surface area contributed by atoms with E-state index in [4.69, 9.17) is 9.84 Å². The van der Waals surface area contributed by atoms with Crippen LogP contribution in [0.15, 0.2) is 24.3 Å². The lowest BCUT2D eigenvalue weighted by atomic mass is 10.1. The van der Waals surface area contributed by atoms with Crippen LogP contribution in [0, 0.1) is 5.82 Å². The molecule has 0 spiro atoms. The van der Waals surface area contributed by atoms with Crippen molar-refractivity contribution in [1.29, 1.82) is 0 Å². The van der Waals surface area contributed by atoms with Crippen LogP contribution in [0.3, 0.4) is 0 Å². The van der Waals surface area contributed by atoms with E-state index in [1.807, 2.05) is 6.92 Å². The number of carbonyl (C=O) groups is 1. The molecule has 0 saturated carbocycles. The van der Waals surface area contributed by atoms with Gasteiger partial charge >= 0.3 is 5.97 Å². The molecule has 1 atom stereocenters. The van der Waals surface area contributed by atoms with Crippen LogP contribution in [0.2, 0.25) is 0 Å². The highest BCUT2D eigenvalue weighted by Gasteiger charge is 2.21. The molecule has 1 N–H and O–H groups in total. The molecule has 0 aromatic heterocycles. The Kier molecular flexibility index (Phi) is 4.16. The number of hydrogen-bond donors (Lipinski definition) is 1. The van der Waals surface area contributed by atoms with Crippen molar-refractivity contribution in [2.45, 2.75) is 13.0 Å². The van der Waals surface area contributed by atoms with Crippen molar-refractivity contribution in [3.05, 3.63) is 35.7 Å². The Morgan fingerprint density at radius 2 is 2.37 bits per heavy atom. The zero-order chi connectivity index (χ0) is 13.8. The van der Waals surface area contributed by atoms with Crippen molar-refractivity contribution >= 4 is 17.7 Å². The fourth-order valence-corrected chi connectivity index (χ4v) is 2.17. The molecule has 5 heteroatoms. The summed E-state index contributed by atoms with van der Waals surface area (Å²) in [7, 11) is 0. The van der Waals surface area contributed by atoms with Gasteiger partial charge in [0, 0.05) is 29.9 Å². The van der Waals surface area contributed by atoms with Gasteiger partial charge in [0.25, 0.3) is 0 Å². The van der Waals surface area contributed by atoms with Crippen LogP contribution in [0.5, 0.6) is 0 Å². The molecule has 1 heterocycles. The molecule has 1 fully saturated rings. The molecule has 0 bridgehead atoms. The smallest absolute Gasteiger partial charge is 0.328 e. The van der Waals surface area contributed by atoms with Gasteiger partial charge in [-0.3, -0.25) is 0 Å². The number of morpholine rings is 1. The lowest BCUT2D eigenvalue weighted by molar-refractivity contribution is -0.131. The van der Waals surface area contributed by atoms with E-state index in [-0.39, 0.29) is 11.9 Å². The first-order valence-corrected chi connectivity index (χ1v) is 6.13. The van der Waals surface area contributed by atoms with Gasteiger partial charge in [-0.15, -0.1) is 0 Å². The largest absolute Gasteiger partial charge is 0.478 e. The van der Waals surface area contributed by atoms with Gasteiger partial charge in [0.15, 0.2) is 0 Å². The van der Waals surface area contributed by atoms with Crippen molar-refractivity contribution in [1.82, 2.24) is 0 Å². The number of aliphatic carboxylic acids is 1. The van der Waals surface area contributed by atoms with Gasteiger partial charge in [-0.2, -0.15) is 0 Å². The molecular formula is C14H16FNO3. The maximum Gasteiger partial charge on any atom is 0.328 e. The van der Waals surface area contributed by atoms with Crippen LogP contribution in [-0.2, 0) is 9.53 Å². The number of hydrogen-bond acceptors (Lipinski definition) is 3. The monoisotopic (exact) mass is 265 g/mol. The van der Waals surface area contributed by atoms with Crippen molar-refractivity contribution in [2.24, 2.45) is 0 Å². The summed E-state index contributed by atoms with van der Waals surface area (Å²) in [5.41, 5.74) is 1.39. The molecule has 1 aromatic carbocycles. The van der Waals surface area contributed by atoms with Gasteiger partial charge in [0.05, 0.1) is 13.2 Å². The zero-order valence-electron chi connectivity index (χ0n) is 10.7. The number of benzene rings is 1. The summed E-state index contributed by atoms with van der Waals surface area (Å²) in [6.45, 7) is 3.96. The minimum absolute atomic E-state index is 0.177. The fourth-order valence-electron chi connectivity index (χ4n) is 2.17. The molecule has 0 amide bonds. The first-order chi connectivity index (χ1) is 9.08. The summed E-state index contributed by atoms with van der Waals surface area (Å²) in [5.74, 6) is -1.43. The standard InChI is InChI=1S/C14H16FNO3/c1-10-9-19-7-6-16(10)13-4-3-12(15)8-11(13)2-5-14(17)18/h2-5,8,10H,6-7,9H2,1H3,(H,17,18)/b5-2+. The number of nitrogens with zero attached hydrogens (tertiary/aromatic N) is 1. The van der Waals surface area contributed by atoms with Gasteiger partial charge in [-0.25, -0.2) is 9.18 Å². The second-order valence-electron chi connectivity index (χ2n) is 4.49. The molecule has 1 unspecified atom stereocenters. The topological polar surface area (TPSA) is 49.8 Å².